The van der Waals surface area contributed by atoms with E-state index < -0.39 is 5.97 Å². The van der Waals surface area contributed by atoms with Crippen molar-refractivity contribution in [2.75, 3.05) is 24.5 Å². The summed E-state index contributed by atoms with van der Waals surface area (Å²) in [4.78, 5) is 24.4. The predicted octanol–water partition coefficient (Wildman–Crippen LogP) is 1.41. The predicted molar refractivity (Wildman–Crippen MR) is 76.8 cm³/mol. The van der Waals surface area contributed by atoms with Gasteiger partial charge in [-0.15, -0.1) is 0 Å². The molecule has 2 rings (SSSR count). The number of hydrogen-bond donors (Lipinski definition) is 2. The molecule has 0 radical (unpaired) electrons. The number of rotatable bonds is 7. The van der Waals surface area contributed by atoms with Gasteiger partial charge in [0.05, 0.1) is 6.54 Å². The number of benzene rings is 1. The summed E-state index contributed by atoms with van der Waals surface area (Å²) < 4.78 is 0. The van der Waals surface area contributed by atoms with Gasteiger partial charge < -0.3 is 15.3 Å². The van der Waals surface area contributed by atoms with Crippen LogP contribution in [0, 0.1) is 12.8 Å². The number of carboxylic acids is 1. The third kappa shape index (κ3) is 4.57. The lowest BCUT2D eigenvalue weighted by Gasteiger charge is -2.22. The Balaban J connectivity index is 1.96. The van der Waals surface area contributed by atoms with E-state index >= 15 is 0 Å². The molecular weight excluding hydrogens is 256 g/mol. The van der Waals surface area contributed by atoms with E-state index in [1.807, 2.05) is 31.2 Å². The zero-order valence-corrected chi connectivity index (χ0v) is 11.6. The van der Waals surface area contributed by atoms with Crippen LogP contribution in [0.15, 0.2) is 24.3 Å². The lowest BCUT2D eigenvalue weighted by molar-refractivity contribution is -0.135. The molecule has 2 N–H and O–H groups in total. The van der Waals surface area contributed by atoms with Crippen molar-refractivity contribution in [1.29, 1.82) is 0 Å². The number of carbonyl (C=O) groups is 2. The smallest absolute Gasteiger partial charge is 0.323 e. The first-order valence-electron chi connectivity index (χ1n) is 6.84. The first kappa shape index (κ1) is 14.4. The number of carboxylic acid groups (broad SMARTS) is 1. The average molecular weight is 276 g/mol. The summed E-state index contributed by atoms with van der Waals surface area (Å²) in [5.74, 6) is -0.453. The van der Waals surface area contributed by atoms with Crippen molar-refractivity contribution in [2.24, 2.45) is 5.92 Å². The molecule has 20 heavy (non-hydrogen) atoms. The van der Waals surface area contributed by atoms with Crippen LogP contribution in [0.1, 0.15) is 18.4 Å². The van der Waals surface area contributed by atoms with Crippen LogP contribution in [0.3, 0.4) is 0 Å². The molecule has 0 aliphatic heterocycles. The fourth-order valence-corrected chi connectivity index (χ4v) is 1.97. The minimum absolute atomic E-state index is 0.0715. The van der Waals surface area contributed by atoms with Crippen LogP contribution >= 0.6 is 0 Å². The normalized spacial score (nSPS) is 13.8. The second-order valence-electron chi connectivity index (χ2n) is 5.33. The molecule has 1 saturated carbocycles. The van der Waals surface area contributed by atoms with E-state index in [-0.39, 0.29) is 19.0 Å². The van der Waals surface area contributed by atoms with E-state index in [9.17, 15) is 9.59 Å². The fraction of sp³-hybridized carbons (Fsp3) is 0.467. The molecule has 5 heteroatoms. The third-order valence-electron chi connectivity index (χ3n) is 3.34. The number of carbonyl (C=O) groups excluding carboxylic acids is 1. The topological polar surface area (TPSA) is 69.6 Å². The first-order chi connectivity index (χ1) is 9.54. The Morgan fingerprint density at radius 1 is 1.25 bits per heavy atom. The molecule has 0 spiro atoms. The number of nitrogens with one attached hydrogen (secondary N) is 1. The number of amides is 1. The SMILES string of the molecule is Cc1ccc(N(CC(=O)O)CC(=O)NCC2CC2)cc1. The van der Waals surface area contributed by atoms with Crippen LogP contribution in [0.5, 0.6) is 0 Å². The molecule has 0 heterocycles. The molecule has 1 aliphatic rings. The van der Waals surface area contributed by atoms with E-state index in [1.165, 1.54) is 12.8 Å². The average Bonchev–Trinajstić information content (AvgIpc) is 3.20. The Bertz CT molecular complexity index is 480. The Morgan fingerprint density at radius 2 is 1.90 bits per heavy atom. The van der Waals surface area contributed by atoms with Crippen molar-refractivity contribution in [3.05, 3.63) is 29.8 Å². The Morgan fingerprint density at radius 3 is 2.45 bits per heavy atom. The zero-order chi connectivity index (χ0) is 14.5. The molecule has 1 amide bonds. The molecule has 1 fully saturated rings. The number of nitrogens with zero attached hydrogens (tertiary/aromatic N) is 1. The summed E-state index contributed by atoms with van der Waals surface area (Å²) in [6.45, 7) is 2.56. The van der Waals surface area contributed by atoms with Crippen LogP contribution in [-0.4, -0.2) is 36.6 Å². The Hall–Kier alpha value is -2.04. The number of hydrogen-bond acceptors (Lipinski definition) is 3. The lowest BCUT2D eigenvalue weighted by atomic mass is 10.2. The number of anilines is 1. The van der Waals surface area contributed by atoms with Gasteiger partial charge in [0.1, 0.15) is 6.54 Å². The van der Waals surface area contributed by atoms with Crippen molar-refractivity contribution < 1.29 is 14.7 Å². The molecule has 0 bridgehead atoms. The van der Waals surface area contributed by atoms with Crippen molar-refractivity contribution in [3.8, 4) is 0 Å². The second-order valence-corrected chi connectivity index (χ2v) is 5.33. The summed E-state index contributed by atoms with van der Waals surface area (Å²) in [6.07, 6.45) is 2.36. The third-order valence-corrected chi connectivity index (χ3v) is 3.34. The van der Waals surface area contributed by atoms with E-state index in [0.717, 1.165) is 11.3 Å². The number of aryl methyl sites for hydroxylation is 1. The Labute approximate surface area is 118 Å². The highest BCUT2D eigenvalue weighted by molar-refractivity contribution is 5.84. The maximum Gasteiger partial charge on any atom is 0.323 e. The molecular formula is C15H20N2O3. The monoisotopic (exact) mass is 276 g/mol. The summed E-state index contributed by atoms with van der Waals surface area (Å²) >= 11 is 0. The van der Waals surface area contributed by atoms with Gasteiger partial charge >= 0.3 is 5.97 Å². The van der Waals surface area contributed by atoms with Crippen molar-refractivity contribution in [2.45, 2.75) is 19.8 Å². The molecule has 5 nitrogen and oxygen atoms in total. The van der Waals surface area contributed by atoms with Crippen LogP contribution in [0.4, 0.5) is 5.69 Å². The highest BCUT2D eigenvalue weighted by atomic mass is 16.4. The number of aliphatic carboxylic acids is 1. The highest BCUT2D eigenvalue weighted by Gasteiger charge is 2.22. The van der Waals surface area contributed by atoms with E-state index in [0.29, 0.717) is 12.5 Å². The van der Waals surface area contributed by atoms with Gasteiger partial charge in [0.15, 0.2) is 0 Å². The standard InChI is InChI=1S/C15H20N2O3/c1-11-2-6-13(7-3-11)17(10-15(19)20)9-14(18)16-8-12-4-5-12/h2-3,6-7,12H,4-5,8-10H2,1H3,(H,16,18)(H,19,20). The van der Waals surface area contributed by atoms with Crippen LogP contribution in [0.25, 0.3) is 0 Å². The van der Waals surface area contributed by atoms with Gasteiger partial charge in [-0.05, 0) is 37.8 Å². The largest absolute Gasteiger partial charge is 0.480 e. The van der Waals surface area contributed by atoms with Gasteiger partial charge in [0.25, 0.3) is 0 Å². The Kier molecular flexibility index (Phi) is 4.61. The quantitative estimate of drug-likeness (QED) is 0.790. The van der Waals surface area contributed by atoms with Gasteiger partial charge in [0.2, 0.25) is 5.91 Å². The van der Waals surface area contributed by atoms with Gasteiger partial charge in [-0.2, -0.15) is 0 Å². The molecule has 0 aromatic heterocycles. The summed E-state index contributed by atoms with van der Waals surface area (Å²) in [5, 5.41) is 11.8. The minimum Gasteiger partial charge on any atom is -0.480 e. The molecule has 0 unspecified atom stereocenters. The lowest BCUT2D eigenvalue weighted by Crippen LogP contribution is -2.40. The second kappa shape index (κ2) is 6.41. The maximum atomic E-state index is 11.9. The van der Waals surface area contributed by atoms with E-state index in [2.05, 4.69) is 5.32 Å². The fourth-order valence-electron chi connectivity index (χ4n) is 1.97. The molecule has 0 atom stereocenters. The van der Waals surface area contributed by atoms with Crippen LogP contribution in [0.2, 0.25) is 0 Å². The van der Waals surface area contributed by atoms with Crippen molar-refractivity contribution >= 4 is 17.6 Å². The summed E-state index contributed by atoms with van der Waals surface area (Å²) in [5.41, 5.74) is 1.85. The molecule has 1 aromatic carbocycles. The van der Waals surface area contributed by atoms with Gasteiger partial charge in [0, 0.05) is 12.2 Å². The van der Waals surface area contributed by atoms with E-state index in [1.54, 1.807) is 4.90 Å². The zero-order valence-electron chi connectivity index (χ0n) is 11.6. The summed E-state index contributed by atoms with van der Waals surface area (Å²) in [7, 11) is 0. The molecule has 1 aromatic rings. The van der Waals surface area contributed by atoms with Crippen molar-refractivity contribution in [1.82, 2.24) is 5.32 Å². The minimum atomic E-state index is -0.944. The molecule has 0 saturated heterocycles. The van der Waals surface area contributed by atoms with Crippen LogP contribution < -0.4 is 10.2 Å². The molecule has 108 valence electrons. The van der Waals surface area contributed by atoms with E-state index in [4.69, 9.17) is 5.11 Å². The summed E-state index contributed by atoms with van der Waals surface area (Å²) in [6, 6.07) is 7.50. The maximum absolute atomic E-state index is 11.9. The first-order valence-corrected chi connectivity index (χ1v) is 6.84. The molecule has 1 aliphatic carbocycles. The van der Waals surface area contributed by atoms with Gasteiger partial charge in [-0.1, -0.05) is 17.7 Å². The highest BCUT2D eigenvalue weighted by Crippen LogP contribution is 2.27. The van der Waals surface area contributed by atoms with Crippen molar-refractivity contribution in [3.63, 3.8) is 0 Å². The van der Waals surface area contributed by atoms with Gasteiger partial charge in [-0.3, -0.25) is 9.59 Å². The van der Waals surface area contributed by atoms with Gasteiger partial charge in [-0.25, -0.2) is 0 Å². The van der Waals surface area contributed by atoms with Crippen LogP contribution in [-0.2, 0) is 9.59 Å².